The van der Waals surface area contributed by atoms with Crippen molar-refractivity contribution in [3.05, 3.63) is 47.5 Å². The number of amidine groups is 1. The lowest BCUT2D eigenvalue weighted by Gasteiger charge is -2.36. The van der Waals surface area contributed by atoms with Crippen molar-refractivity contribution in [2.24, 2.45) is 0 Å². The lowest BCUT2D eigenvalue weighted by molar-refractivity contribution is -0.116. The van der Waals surface area contributed by atoms with Crippen molar-refractivity contribution in [3.8, 4) is 18.1 Å². The molecule has 2 aromatic rings. The highest BCUT2D eigenvalue weighted by Crippen LogP contribution is 2.32. The molecule has 35 heavy (non-hydrogen) atoms. The highest BCUT2D eigenvalue weighted by atomic mass is 16.5. The monoisotopic (exact) mass is 476 g/mol. The van der Waals surface area contributed by atoms with Gasteiger partial charge in [0.1, 0.15) is 11.6 Å². The normalized spacial score (nSPS) is 14.3. The predicted molar refractivity (Wildman–Crippen MR) is 144 cm³/mol. The first kappa shape index (κ1) is 26.1. The third-order valence-electron chi connectivity index (χ3n) is 6.24. The van der Waals surface area contributed by atoms with Gasteiger partial charge < -0.3 is 25.6 Å². The van der Waals surface area contributed by atoms with Gasteiger partial charge in [0.15, 0.2) is 0 Å². The van der Waals surface area contributed by atoms with E-state index in [4.69, 9.17) is 16.6 Å². The Labute approximate surface area is 208 Å². The summed E-state index contributed by atoms with van der Waals surface area (Å²) in [5.41, 5.74) is 3.27. The van der Waals surface area contributed by atoms with E-state index >= 15 is 0 Å². The number of nitrogens with one attached hydrogen (secondary N) is 4. The van der Waals surface area contributed by atoms with Gasteiger partial charge in [-0.2, -0.15) is 0 Å². The Hall–Kier alpha value is -3.54. The molecule has 0 spiro atoms. The Kier molecular flexibility index (Phi) is 9.12. The van der Waals surface area contributed by atoms with Gasteiger partial charge in [0.25, 0.3) is 0 Å². The zero-order chi connectivity index (χ0) is 25.4. The number of methoxy groups -OCH3 is 1. The molecule has 0 aromatic heterocycles. The summed E-state index contributed by atoms with van der Waals surface area (Å²) in [6, 6.07) is 11.4. The van der Waals surface area contributed by atoms with Crippen LogP contribution >= 0.6 is 0 Å². The summed E-state index contributed by atoms with van der Waals surface area (Å²) >= 11 is 0. The van der Waals surface area contributed by atoms with Crippen LogP contribution in [0.1, 0.15) is 31.4 Å². The molecule has 1 aliphatic rings. The second kappa shape index (κ2) is 12.2. The van der Waals surface area contributed by atoms with Crippen LogP contribution < -0.4 is 20.7 Å². The molecule has 1 heterocycles. The van der Waals surface area contributed by atoms with E-state index in [9.17, 15) is 4.79 Å². The first-order valence-electron chi connectivity index (χ1n) is 11.9. The Morgan fingerprint density at radius 2 is 1.89 bits per heavy atom. The quantitative estimate of drug-likeness (QED) is 0.252. The van der Waals surface area contributed by atoms with Crippen LogP contribution in [-0.2, 0) is 4.79 Å². The Balaban J connectivity index is 1.68. The highest BCUT2D eigenvalue weighted by molar-refractivity contribution is 6.11. The standard InChI is InChI=1S/C27H36N6O2/c1-6-20-8-7-9-21(16-20)30-27(28)22-17-24(25(35-5)18-23(22)29-4)31-26(34)10-11-32-12-14-33(15-13-32)19(2)3/h1,7-9,16-19,29H,10-15H2,2-5H3,(H2,28,30)(H,31,34). The van der Waals surface area contributed by atoms with Crippen LogP contribution in [0.3, 0.4) is 0 Å². The molecular formula is C27H36N6O2. The third-order valence-corrected chi connectivity index (χ3v) is 6.24. The molecule has 2 aromatic carbocycles. The Morgan fingerprint density at radius 3 is 2.51 bits per heavy atom. The summed E-state index contributed by atoms with van der Waals surface area (Å²) in [5.74, 6) is 3.21. The summed E-state index contributed by atoms with van der Waals surface area (Å²) in [6.07, 6.45) is 5.89. The first-order chi connectivity index (χ1) is 16.8. The van der Waals surface area contributed by atoms with Crippen molar-refractivity contribution in [3.63, 3.8) is 0 Å². The van der Waals surface area contributed by atoms with Gasteiger partial charge in [-0.1, -0.05) is 12.0 Å². The van der Waals surface area contributed by atoms with Gasteiger partial charge in [0.2, 0.25) is 5.91 Å². The van der Waals surface area contributed by atoms with Crippen molar-refractivity contribution in [2.45, 2.75) is 26.3 Å². The predicted octanol–water partition coefficient (Wildman–Crippen LogP) is 3.51. The van der Waals surface area contributed by atoms with E-state index in [0.29, 0.717) is 47.4 Å². The average Bonchev–Trinajstić information content (AvgIpc) is 2.87. The number of rotatable bonds is 9. The lowest BCUT2D eigenvalue weighted by atomic mass is 10.1. The minimum atomic E-state index is -0.0843. The second-order valence-corrected chi connectivity index (χ2v) is 8.84. The molecule has 0 unspecified atom stereocenters. The third kappa shape index (κ3) is 6.98. The Bertz CT molecular complexity index is 1080. The number of benzene rings is 2. The van der Waals surface area contributed by atoms with Crippen LogP contribution in [0.5, 0.6) is 5.75 Å². The van der Waals surface area contributed by atoms with Gasteiger partial charge in [-0.25, -0.2) is 0 Å². The molecule has 1 fully saturated rings. The molecule has 186 valence electrons. The van der Waals surface area contributed by atoms with Crippen molar-refractivity contribution >= 4 is 28.8 Å². The van der Waals surface area contributed by atoms with Crippen molar-refractivity contribution in [1.82, 2.24) is 9.80 Å². The summed E-state index contributed by atoms with van der Waals surface area (Å²) in [5, 5.41) is 17.8. The number of carbonyl (C=O) groups excluding carboxylic acids is 1. The van der Waals surface area contributed by atoms with Gasteiger partial charge in [0.05, 0.1) is 12.8 Å². The van der Waals surface area contributed by atoms with Gasteiger partial charge in [-0.15, -0.1) is 6.42 Å². The number of nitrogens with zero attached hydrogens (tertiary/aromatic N) is 2. The van der Waals surface area contributed by atoms with Crippen LogP contribution in [0.2, 0.25) is 0 Å². The molecule has 3 rings (SSSR count). The highest BCUT2D eigenvalue weighted by Gasteiger charge is 2.20. The second-order valence-electron chi connectivity index (χ2n) is 8.84. The number of anilines is 3. The van der Waals surface area contributed by atoms with Crippen LogP contribution in [0, 0.1) is 17.8 Å². The molecule has 0 radical (unpaired) electrons. The van der Waals surface area contributed by atoms with E-state index in [1.807, 2.05) is 18.2 Å². The summed E-state index contributed by atoms with van der Waals surface area (Å²) in [4.78, 5) is 17.6. The molecule has 8 nitrogen and oxygen atoms in total. The van der Waals surface area contributed by atoms with Gasteiger partial charge in [0, 0.05) is 80.8 Å². The molecule has 0 aliphatic carbocycles. The fraction of sp³-hybridized carbons (Fsp3) is 0.407. The summed E-state index contributed by atoms with van der Waals surface area (Å²) < 4.78 is 5.52. The minimum absolute atomic E-state index is 0.0843. The maximum Gasteiger partial charge on any atom is 0.225 e. The Morgan fingerprint density at radius 1 is 1.14 bits per heavy atom. The average molecular weight is 477 g/mol. The van der Waals surface area contributed by atoms with E-state index in [1.165, 1.54) is 0 Å². The zero-order valence-electron chi connectivity index (χ0n) is 21.1. The van der Waals surface area contributed by atoms with E-state index < -0.39 is 0 Å². The van der Waals surface area contributed by atoms with Crippen molar-refractivity contribution in [2.75, 3.05) is 62.8 Å². The molecule has 0 atom stereocenters. The van der Waals surface area contributed by atoms with Gasteiger partial charge in [-0.05, 0) is 38.1 Å². The number of piperazine rings is 1. The smallest absolute Gasteiger partial charge is 0.225 e. The maximum absolute atomic E-state index is 12.8. The SMILES string of the molecule is C#Cc1cccc(NC(=N)c2cc(NC(=O)CCN3CCN(C(C)C)CC3)c(OC)cc2NC)c1. The molecule has 8 heteroatoms. The molecule has 1 aliphatic heterocycles. The molecule has 1 amide bonds. The lowest BCUT2D eigenvalue weighted by Crippen LogP contribution is -2.49. The number of hydrogen-bond acceptors (Lipinski definition) is 6. The fourth-order valence-corrected chi connectivity index (χ4v) is 4.13. The molecule has 1 saturated heterocycles. The maximum atomic E-state index is 12.8. The zero-order valence-corrected chi connectivity index (χ0v) is 21.1. The summed E-state index contributed by atoms with van der Waals surface area (Å²) in [6.45, 7) is 9.15. The van der Waals surface area contributed by atoms with Gasteiger partial charge >= 0.3 is 0 Å². The largest absolute Gasteiger partial charge is 0.494 e. The van der Waals surface area contributed by atoms with Crippen molar-refractivity contribution < 1.29 is 9.53 Å². The minimum Gasteiger partial charge on any atom is -0.494 e. The van der Waals surface area contributed by atoms with Crippen LogP contribution in [0.25, 0.3) is 0 Å². The van der Waals surface area contributed by atoms with E-state index in [2.05, 4.69) is 45.5 Å². The van der Waals surface area contributed by atoms with Crippen LogP contribution in [-0.4, -0.2) is 74.5 Å². The molecule has 4 N–H and O–H groups in total. The number of terminal acetylenes is 1. The molecule has 0 saturated carbocycles. The van der Waals surface area contributed by atoms with Crippen LogP contribution in [0.15, 0.2) is 36.4 Å². The van der Waals surface area contributed by atoms with Gasteiger partial charge in [-0.3, -0.25) is 15.1 Å². The topological polar surface area (TPSA) is 92.7 Å². The molecular weight excluding hydrogens is 440 g/mol. The van der Waals surface area contributed by atoms with E-state index in [-0.39, 0.29) is 11.7 Å². The summed E-state index contributed by atoms with van der Waals surface area (Å²) in [7, 11) is 3.34. The van der Waals surface area contributed by atoms with E-state index in [1.54, 1.807) is 32.4 Å². The van der Waals surface area contributed by atoms with Crippen molar-refractivity contribution in [1.29, 1.82) is 5.41 Å². The van der Waals surface area contributed by atoms with E-state index in [0.717, 1.165) is 31.7 Å². The number of ether oxygens (including phenoxy) is 1. The first-order valence-corrected chi connectivity index (χ1v) is 11.9. The fourth-order valence-electron chi connectivity index (χ4n) is 4.13. The number of amides is 1. The molecule has 0 bridgehead atoms. The number of carbonyl (C=O) groups is 1. The number of hydrogen-bond donors (Lipinski definition) is 4. The van der Waals surface area contributed by atoms with Crippen LogP contribution in [0.4, 0.5) is 17.1 Å².